The first kappa shape index (κ1) is 64.1. The number of aliphatic hydroxyl groups excluding tert-OH is 4. The Morgan fingerprint density at radius 2 is 0.900 bits per heavy atom. The minimum atomic E-state index is -3.41. The summed E-state index contributed by atoms with van der Waals surface area (Å²) in [5.74, 6) is 2.80. The van der Waals surface area contributed by atoms with Crippen molar-refractivity contribution in [2.24, 2.45) is 46.3 Å². The Hall–Kier alpha value is -3.46. The molecule has 444 valence electrons. The molecule has 2 aromatic carbocycles. The summed E-state index contributed by atoms with van der Waals surface area (Å²) in [6.07, 6.45) is 22.8. The van der Waals surface area contributed by atoms with Crippen molar-refractivity contribution < 1.29 is 47.5 Å². The van der Waals surface area contributed by atoms with Crippen LogP contribution >= 0.6 is 0 Å². The molecule has 0 aromatic heterocycles. The van der Waals surface area contributed by atoms with E-state index in [9.17, 15) is 47.5 Å². The van der Waals surface area contributed by atoms with Crippen molar-refractivity contribution in [3.63, 3.8) is 0 Å². The van der Waals surface area contributed by atoms with E-state index in [1.165, 1.54) is 11.1 Å². The van der Waals surface area contributed by atoms with Crippen LogP contribution < -0.4 is 0 Å². The zero-order valence-electron chi connectivity index (χ0n) is 49.8. The average Bonchev–Trinajstić information content (AvgIpc) is 4.07. The van der Waals surface area contributed by atoms with E-state index in [0.29, 0.717) is 110 Å². The minimum absolute atomic E-state index is 0.137. The van der Waals surface area contributed by atoms with E-state index in [1.807, 2.05) is 27.7 Å². The lowest BCUT2D eigenvalue weighted by Crippen LogP contribution is -2.36. The van der Waals surface area contributed by atoms with Crippen molar-refractivity contribution in [2.75, 3.05) is 11.5 Å². The zero-order chi connectivity index (χ0) is 58.6. The quantitative estimate of drug-likeness (QED) is 0.0838. The monoisotopic (exact) mass is 1140 g/mol. The molecule has 0 saturated heterocycles. The van der Waals surface area contributed by atoms with E-state index in [-0.39, 0.29) is 22.3 Å². The molecule has 6 fully saturated rings. The molecule has 0 aliphatic heterocycles. The molecule has 0 spiro atoms. The molecule has 12 heteroatoms. The van der Waals surface area contributed by atoms with Crippen molar-refractivity contribution in [3.05, 3.63) is 131 Å². The number of fused-ring (bicyclic) bond motifs is 2. The lowest BCUT2D eigenvalue weighted by atomic mass is 9.61. The van der Waals surface area contributed by atoms with Gasteiger partial charge in [-0.2, -0.15) is 0 Å². The van der Waals surface area contributed by atoms with Crippen LogP contribution in [0.3, 0.4) is 0 Å². The van der Waals surface area contributed by atoms with Crippen LogP contribution in [0.15, 0.2) is 129 Å². The highest BCUT2D eigenvalue weighted by molar-refractivity contribution is 7.91. The molecule has 0 bridgehead atoms. The molecule has 10 nitrogen and oxygen atoms in total. The van der Waals surface area contributed by atoms with Gasteiger partial charge >= 0.3 is 0 Å². The van der Waals surface area contributed by atoms with Gasteiger partial charge in [-0.3, -0.25) is 0 Å². The van der Waals surface area contributed by atoms with E-state index in [0.717, 1.165) is 97.6 Å². The normalized spacial score (nSPS) is 32.4. The second-order valence-corrected chi connectivity index (χ2v) is 30.2. The number of benzene rings is 2. The molecule has 12 atom stereocenters. The van der Waals surface area contributed by atoms with Gasteiger partial charge in [0.2, 0.25) is 0 Å². The van der Waals surface area contributed by atoms with Crippen LogP contribution in [0.4, 0.5) is 0 Å². The van der Waals surface area contributed by atoms with Gasteiger partial charge in [0, 0.05) is 12.8 Å². The third kappa shape index (κ3) is 13.9. The molecule has 80 heavy (non-hydrogen) atoms. The van der Waals surface area contributed by atoms with Gasteiger partial charge in [-0.1, -0.05) is 128 Å². The van der Waals surface area contributed by atoms with Gasteiger partial charge in [0.25, 0.3) is 0 Å². The first-order chi connectivity index (χ1) is 37.7. The summed E-state index contributed by atoms with van der Waals surface area (Å²) < 4.78 is 53.0. The Kier molecular flexibility index (Phi) is 21.0. The summed E-state index contributed by atoms with van der Waals surface area (Å²) in [7, 11) is -6.81. The largest absolute Gasteiger partial charge is 0.393 e. The topological polar surface area (TPSA) is 190 Å². The summed E-state index contributed by atoms with van der Waals surface area (Å²) in [4.78, 5) is 0.674. The van der Waals surface area contributed by atoms with E-state index in [4.69, 9.17) is 0 Å². The second-order valence-electron chi connectivity index (χ2n) is 26.0. The maximum absolute atomic E-state index is 13.3. The minimum Gasteiger partial charge on any atom is -0.393 e. The van der Waals surface area contributed by atoms with Gasteiger partial charge in [-0.25, -0.2) is 16.8 Å². The lowest BCUT2D eigenvalue weighted by Gasteiger charge is -2.44. The number of hydrogen-bond donors (Lipinski definition) is 6. The van der Waals surface area contributed by atoms with E-state index in [2.05, 4.69) is 65.2 Å². The molecular formula is C68H100O10S2. The predicted molar refractivity (Wildman–Crippen MR) is 323 cm³/mol. The van der Waals surface area contributed by atoms with Gasteiger partial charge in [0.05, 0.1) is 56.9 Å². The third-order valence-electron chi connectivity index (χ3n) is 21.5. The number of hydrogen-bond acceptors (Lipinski definition) is 10. The maximum atomic E-state index is 13.3. The summed E-state index contributed by atoms with van der Waals surface area (Å²) in [5.41, 5.74) is 6.25. The number of sulfone groups is 2. The van der Waals surface area contributed by atoms with Crippen LogP contribution in [-0.2, 0) is 30.9 Å². The molecule has 8 rings (SSSR count). The molecule has 0 radical (unpaired) electrons. The van der Waals surface area contributed by atoms with Crippen LogP contribution in [0.25, 0.3) is 0 Å². The summed E-state index contributed by atoms with van der Waals surface area (Å²) in [6.45, 7) is 25.2. The van der Waals surface area contributed by atoms with Gasteiger partial charge in [-0.15, -0.1) is 0 Å². The van der Waals surface area contributed by atoms with Crippen molar-refractivity contribution in [2.45, 2.75) is 229 Å². The Morgan fingerprint density at radius 1 is 0.562 bits per heavy atom. The van der Waals surface area contributed by atoms with E-state index >= 15 is 0 Å². The average molecular weight is 1140 g/mol. The van der Waals surface area contributed by atoms with Gasteiger partial charge < -0.3 is 30.6 Å². The third-order valence-corrected chi connectivity index (χ3v) is 25.0. The zero-order valence-corrected chi connectivity index (χ0v) is 51.4. The highest BCUT2D eigenvalue weighted by Crippen LogP contribution is 2.61. The summed E-state index contributed by atoms with van der Waals surface area (Å²) in [6, 6.07) is 13.7. The molecule has 6 saturated carbocycles. The van der Waals surface area contributed by atoms with Crippen molar-refractivity contribution in [3.8, 4) is 0 Å². The molecule has 6 aliphatic carbocycles. The van der Waals surface area contributed by atoms with Gasteiger partial charge in [-0.05, 0) is 220 Å². The smallest absolute Gasteiger partial charge is 0.178 e. The highest BCUT2D eigenvalue weighted by atomic mass is 32.2. The van der Waals surface area contributed by atoms with Gasteiger partial charge in [0.15, 0.2) is 19.7 Å². The summed E-state index contributed by atoms with van der Waals surface area (Å²) in [5, 5.41) is 62.2. The number of rotatable bonds is 18. The van der Waals surface area contributed by atoms with Crippen LogP contribution in [-0.4, -0.2) is 83.4 Å². The fraction of sp³-hybridized carbons (Fsp3) is 0.647. The molecule has 6 N–H and O–H groups in total. The van der Waals surface area contributed by atoms with Gasteiger partial charge in [0.1, 0.15) is 0 Å². The van der Waals surface area contributed by atoms with Crippen molar-refractivity contribution in [1.82, 2.24) is 0 Å². The van der Waals surface area contributed by atoms with Crippen molar-refractivity contribution in [1.29, 1.82) is 0 Å². The van der Waals surface area contributed by atoms with Crippen LogP contribution in [0.5, 0.6) is 0 Å². The SMILES string of the molecule is C=C1/C(=C\C=C2/CCC[C@]3(C)[C@@H]([C@H](C)CCS(=O)(=O)c4ccc(C(O)(CC)CC)cc4)CC[C@@H]23)C[C@@H](O)C[C@@H]1O.C=C1/C(=C\C=C2/CCC[C@]3(C)[C@@H]([C@H](C)CCS(=O)(=O)c4ccc(C(O)(CC)CC)cc4)CC[C@@H]23)C[C@H](O)C[C@H]1O. The standard InChI is InChI=1S/2C34H50O5S/c2*1-6-34(37,7-2)27-12-14-29(15-13-27)40(38,39)20-18-23(3)30-16-17-31-25(9-8-19-33(30,31)5)10-11-26-21-28(35)22-32(36)24(26)4/h2*10-15,23,28,30-32,35-37H,4,6-9,16-22H2,1-3,5H3/b2*25-10+,26-11-/t23-,28+,30-,31+,32-,33-;23-,28-,30-,31+,32+,33-/m11/s1. The predicted octanol–water partition coefficient (Wildman–Crippen LogP) is 13.3. The lowest BCUT2D eigenvalue weighted by molar-refractivity contribution is 0.0280. The van der Waals surface area contributed by atoms with Crippen molar-refractivity contribution >= 4 is 19.7 Å². The Balaban J connectivity index is 0.000000231. The van der Waals surface area contributed by atoms with Crippen LogP contribution in [0.1, 0.15) is 195 Å². The number of aliphatic hydroxyl groups is 6. The Bertz CT molecular complexity index is 2640. The Morgan fingerprint density at radius 3 is 1.23 bits per heavy atom. The fourth-order valence-electron chi connectivity index (χ4n) is 15.9. The highest BCUT2D eigenvalue weighted by Gasteiger charge is 2.52. The summed E-state index contributed by atoms with van der Waals surface area (Å²) >= 11 is 0. The molecule has 0 amide bonds. The number of allylic oxidation sites excluding steroid dienone is 6. The van der Waals surface area contributed by atoms with Crippen LogP contribution in [0, 0.1) is 46.3 Å². The maximum Gasteiger partial charge on any atom is 0.178 e. The van der Waals surface area contributed by atoms with E-state index < -0.39 is 55.3 Å². The molecule has 6 aliphatic rings. The molecule has 0 heterocycles. The Labute approximate surface area is 482 Å². The van der Waals surface area contributed by atoms with Crippen LogP contribution in [0.2, 0.25) is 0 Å². The molecule has 0 unspecified atom stereocenters. The second kappa shape index (κ2) is 26.2. The fourth-order valence-corrected chi connectivity index (χ4v) is 18.9. The first-order valence-electron chi connectivity index (χ1n) is 30.7. The molecular weight excluding hydrogens is 1040 g/mol. The first-order valence-corrected chi connectivity index (χ1v) is 34.0. The van der Waals surface area contributed by atoms with E-state index in [1.54, 1.807) is 48.5 Å². The molecule has 2 aromatic rings.